The SMILES string of the molecule is c1ccc(CCC2CN(SN3CCCC3)Cc3ccccc3N2Cc2cnc[nH]2)cc1. The molecule has 3 heterocycles. The number of hydrogen-bond donors (Lipinski definition) is 1. The van der Waals surface area contributed by atoms with E-state index < -0.39 is 0 Å². The molecule has 0 aliphatic carbocycles. The van der Waals surface area contributed by atoms with Crippen molar-refractivity contribution in [1.82, 2.24) is 18.6 Å². The molecule has 1 unspecified atom stereocenters. The summed E-state index contributed by atoms with van der Waals surface area (Å²) in [6, 6.07) is 20.3. The number of rotatable bonds is 7. The Kier molecular flexibility index (Phi) is 6.58. The van der Waals surface area contributed by atoms with Crippen LogP contribution >= 0.6 is 12.1 Å². The van der Waals surface area contributed by atoms with E-state index in [-0.39, 0.29) is 0 Å². The van der Waals surface area contributed by atoms with Crippen LogP contribution in [-0.2, 0) is 19.5 Å². The van der Waals surface area contributed by atoms with Crippen LogP contribution in [0.2, 0.25) is 0 Å². The lowest BCUT2D eigenvalue weighted by atomic mass is 10.0. The summed E-state index contributed by atoms with van der Waals surface area (Å²) in [6.07, 6.45) is 8.60. The number of hydrogen-bond acceptors (Lipinski definition) is 5. The van der Waals surface area contributed by atoms with Crippen molar-refractivity contribution in [3.63, 3.8) is 0 Å². The van der Waals surface area contributed by atoms with Gasteiger partial charge in [0.1, 0.15) is 0 Å². The Morgan fingerprint density at radius 1 is 0.968 bits per heavy atom. The van der Waals surface area contributed by atoms with E-state index in [0.717, 1.165) is 32.5 Å². The molecule has 3 aromatic rings. The van der Waals surface area contributed by atoms with Gasteiger partial charge in [-0.1, -0.05) is 48.5 Å². The summed E-state index contributed by atoms with van der Waals surface area (Å²) in [7, 11) is 0. The van der Waals surface area contributed by atoms with Crippen LogP contribution in [0.15, 0.2) is 67.1 Å². The molecular weight excluding hydrogens is 402 g/mol. The van der Waals surface area contributed by atoms with Crippen LogP contribution in [-0.4, -0.2) is 44.3 Å². The number of H-pyrrole nitrogens is 1. The predicted octanol–water partition coefficient (Wildman–Crippen LogP) is 4.89. The molecule has 0 saturated carbocycles. The summed E-state index contributed by atoms with van der Waals surface area (Å²) >= 11 is 1.96. The number of aryl methyl sites for hydroxylation is 1. The number of aromatic amines is 1. The topological polar surface area (TPSA) is 38.4 Å². The summed E-state index contributed by atoms with van der Waals surface area (Å²) in [5.74, 6) is 0. The maximum atomic E-state index is 4.27. The zero-order valence-corrected chi connectivity index (χ0v) is 18.8. The lowest BCUT2D eigenvalue weighted by Gasteiger charge is -2.34. The van der Waals surface area contributed by atoms with E-state index in [4.69, 9.17) is 0 Å². The number of benzene rings is 2. The van der Waals surface area contributed by atoms with Gasteiger partial charge >= 0.3 is 0 Å². The standard InChI is InChI=1S/C25H31N5S/c1-2-8-21(9-3-1)12-13-24-19-29(31-28-14-6-7-15-28)17-22-10-4-5-11-25(22)30(24)18-23-16-26-20-27-23/h1-5,8-11,16,20,24H,6-7,12-15,17-19H2,(H,26,27). The Morgan fingerprint density at radius 2 is 1.77 bits per heavy atom. The van der Waals surface area contributed by atoms with E-state index >= 15 is 0 Å². The largest absolute Gasteiger partial charge is 0.361 e. The van der Waals surface area contributed by atoms with Crippen LogP contribution in [0.4, 0.5) is 5.69 Å². The number of anilines is 1. The molecule has 1 fully saturated rings. The van der Waals surface area contributed by atoms with Gasteiger partial charge in [-0.3, -0.25) is 0 Å². The minimum atomic E-state index is 0.433. The predicted molar refractivity (Wildman–Crippen MR) is 129 cm³/mol. The second-order valence-corrected chi connectivity index (χ2v) is 9.75. The highest BCUT2D eigenvalue weighted by Crippen LogP contribution is 2.34. The first kappa shape index (κ1) is 20.6. The van der Waals surface area contributed by atoms with Crippen molar-refractivity contribution < 1.29 is 0 Å². The van der Waals surface area contributed by atoms with Gasteiger partial charge in [0.15, 0.2) is 0 Å². The summed E-state index contributed by atoms with van der Waals surface area (Å²) in [5.41, 5.74) is 5.36. The number of nitrogens with one attached hydrogen (secondary N) is 1. The quantitative estimate of drug-likeness (QED) is 0.537. The third-order valence-electron chi connectivity index (χ3n) is 6.30. The van der Waals surface area contributed by atoms with Crippen molar-refractivity contribution in [3.05, 3.63) is 83.9 Å². The smallest absolute Gasteiger partial charge is 0.0922 e. The van der Waals surface area contributed by atoms with Crippen LogP contribution in [0.5, 0.6) is 0 Å². The highest BCUT2D eigenvalue weighted by atomic mass is 32.2. The van der Waals surface area contributed by atoms with Gasteiger partial charge in [-0.05, 0) is 42.9 Å². The van der Waals surface area contributed by atoms with Crippen molar-refractivity contribution in [1.29, 1.82) is 0 Å². The molecule has 0 radical (unpaired) electrons. The third kappa shape index (κ3) is 5.14. The molecule has 1 aromatic heterocycles. The van der Waals surface area contributed by atoms with Gasteiger partial charge in [0.05, 0.1) is 18.6 Å². The summed E-state index contributed by atoms with van der Waals surface area (Å²) < 4.78 is 5.13. The molecule has 162 valence electrons. The number of para-hydroxylation sites is 1. The molecule has 2 aliphatic rings. The molecule has 1 N–H and O–H groups in total. The third-order valence-corrected chi connectivity index (χ3v) is 7.41. The number of nitrogens with zero attached hydrogens (tertiary/aromatic N) is 4. The van der Waals surface area contributed by atoms with Crippen LogP contribution in [0, 0.1) is 0 Å². The first-order valence-electron chi connectivity index (χ1n) is 11.4. The van der Waals surface area contributed by atoms with Gasteiger partial charge in [0.25, 0.3) is 0 Å². The fourth-order valence-electron chi connectivity index (χ4n) is 4.70. The minimum absolute atomic E-state index is 0.433. The molecule has 0 spiro atoms. The maximum absolute atomic E-state index is 4.27. The molecule has 0 bridgehead atoms. The molecule has 2 aliphatic heterocycles. The maximum Gasteiger partial charge on any atom is 0.0922 e. The van der Waals surface area contributed by atoms with Crippen molar-refractivity contribution in [3.8, 4) is 0 Å². The fourth-order valence-corrected chi connectivity index (χ4v) is 5.88. The highest BCUT2D eigenvalue weighted by molar-refractivity contribution is 7.94. The number of aromatic nitrogens is 2. The fraction of sp³-hybridized carbons (Fsp3) is 0.400. The first-order chi connectivity index (χ1) is 15.3. The average Bonchev–Trinajstić information content (AvgIpc) is 3.48. The number of imidazole rings is 1. The summed E-state index contributed by atoms with van der Waals surface area (Å²) in [6.45, 7) is 5.30. The van der Waals surface area contributed by atoms with Crippen LogP contribution in [0.25, 0.3) is 0 Å². The average molecular weight is 434 g/mol. The van der Waals surface area contributed by atoms with Gasteiger partial charge in [-0.15, -0.1) is 0 Å². The highest BCUT2D eigenvalue weighted by Gasteiger charge is 2.30. The van der Waals surface area contributed by atoms with Gasteiger partial charge in [-0.25, -0.2) is 13.6 Å². The zero-order valence-electron chi connectivity index (χ0n) is 18.0. The molecule has 6 heteroatoms. The van der Waals surface area contributed by atoms with Gasteiger partial charge in [-0.2, -0.15) is 0 Å². The Morgan fingerprint density at radius 3 is 2.58 bits per heavy atom. The molecule has 1 atom stereocenters. The van der Waals surface area contributed by atoms with E-state index in [0.29, 0.717) is 6.04 Å². The van der Waals surface area contributed by atoms with E-state index in [2.05, 4.69) is 78.1 Å². The van der Waals surface area contributed by atoms with Crippen molar-refractivity contribution in [2.24, 2.45) is 0 Å². The van der Waals surface area contributed by atoms with E-state index in [1.807, 2.05) is 18.3 Å². The summed E-state index contributed by atoms with van der Waals surface area (Å²) in [5, 5.41) is 0. The minimum Gasteiger partial charge on any atom is -0.361 e. The Hall–Kier alpha value is -2.28. The van der Waals surface area contributed by atoms with Crippen molar-refractivity contribution in [2.75, 3.05) is 24.5 Å². The second kappa shape index (κ2) is 9.90. The second-order valence-electron chi connectivity index (χ2n) is 8.55. The van der Waals surface area contributed by atoms with E-state index in [9.17, 15) is 0 Å². The summed E-state index contributed by atoms with van der Waals surface area (Å²) in [4.78, 5) is 10.2. The molecule has 0 amide bonds. The van der Waals surface area contributed by atoms with Crippen molar-refractivity contribution >= 4 is 17.8 Å². The molecular formula is C25H31N5S. The lowest BCUT2D eigenvalue weighted by molar-refractivity contribution is 0.390. The number of fused-ring (bicyclic) bond motifs is 1. The van der Waals surface area contributed by atoms with Crippen molar-refractivity contribution in [2.45, 2.75) is 44.8 Å². The van der Waals surface area contributed by atoms with Gasteiger partial charge < -0.3 is 9.88 Å². The van der Waals surface area contributed by atoms with Gasteiger partial charge in [0.2, 0.25) is 0 Å². The van der Waals surface area contributed by atoms with Gasteiger partial charge in [0, 0.05) is 56.2 Å². The Balaban J connectivity index is 1.43. The Bertz CT molecular complexity index is 940. The molecule has 5 rings (SSSR count). The molecule has 5 nitrogen and oxygen atoms in total. The molecule has 2 aromatic carbocycles. The normalized spacial score (nSPS) is 20.0. The monoisotopic (exact) mass is 433 g/mol. The van der Waals surface area contributed by atoms with Crippen LogP contribution in [0.1, 0.15) is 36.1 Å². The van der Waals surface area contributed by atoms with E-state index in [1.54, 1.807) is 6.33 Å². The van der Waals surface area contributed by atoms with E-state index in [1.165, 1.54) is 48.4 Å². The van der Waals surface area contributed by atoms with Crippen LogP contribution in [0.3, 0.4) is 0 Å². The molecule has 31 heavy (non-hydrogen) atoms. The Labute approximate surface area is 189 Å². The van der Waals surface area contributed by atoms with Crippen LogP contribution < -0.4 is 4.90 Å². The first-order valence-corrected chi connectivity index (χ1v) is 12.1. The zero-order chi connectivity index (χ0) is 20.9. The lowest BCUT2D eigenvalue weighted by Crippen LogP contribution is -2.41. The molecule has 1 saturated heterocycles.